The highest BCUT2D eigenvalue weighted by atomic mass is 19.3. The average molecular weight is 386 g/mol. The Morgan fingerprint density at radius 3 is 1.65 bits per heavy atom. The molecule has 4 atom stereocenters. The third-order valence-electron chi connectivity index (χ3n) is 5.91. The number of esters is 1. The van der Waals surface area contributed by atoms with Crippen LogP contribution in [0.1, 0.15) is 60.3 Å². The second-order valence-corrected chi connectivity index (χ2v) is 8.42. The van der Waals surface area contributed by atoms with Gasteiger partial charge in [-0.1, -0.05) is 6.92 Å². The topological polar surface area (TPSA) is 66.8 Å². The summed E-state index contributed by atoms with van der Waals surface area (Å²) in [6.45, 7) is 7.00. The van der Waals surface area contributed by atoms with Gasteiger partial charge in [-0.3, -0.25) is 4.79 Å². The first-order valence-corrected chi connectivity index (χ1v) is 8.88. The van der Waals surface area contributed by atoms with Gasteiger partial charge in [0.25, 0.3) is 12.9 Å². The first-order valence-electron chi connectivity index (χ1n) is 8.88. The van der Waals surface area contributed by atoms with E-state index in [1.807, 2.05) is 0 Å². The SMILES string of the molecule is CCC(C)(C)C(=O)OC1CC(C(C)(O)C(F)F)CC(C(C)(O)C(F)F)C1. The maximum Gasteiger partial charge on any atom is 0.311 e. The second-order valence-electron chi connectivity index (χ2n) is 8.42. The molecule has 0 spiro atoms. The molecule has 4 nitrogen and oxygen atoms in total. The van der Waals surface area contributed by atoms with Crippen LogP contribution in [-0.2, 0) is 9.53 Å². The summed E-state index contributed by atoms with van der Waals surface area (Å²) in [7, 11) is 0. The second kappa shape index (κ2) is 8.00. The van der Waals surface area contributed by atoms with E-state index in [0.717, 1.165) is 13.8 Å². The molecule has 8 heteroatoms. The summed E-state index contributed by atoms with van der Waals surface area (Å²) in [5, 5.41) is 20.3. The van der Waals surface area contributed by atoms with E-state index in [9.17, 15) is 32.6 Å². The molecule has 0 amide bonds. The van der Waals surface area contributed by atoms with Crippen LogP contribution in [0.25, 0.3) is 0 Å². The highest BCUT2D eigenvalue weighted by molar-refractivity contribution is 5.76. The average Bonchev–Trinajstić information content (AvgIpc) is 2.53. The van der Waals surface area contributed by atoms with Gasteiger partial charge in [-0.25, -0.2) is 17.6 Å². The summed E-state index contributed by atoms with van der Waals surface area (Å²) in [4.78, 5) is 12.3. The molecule has 0 saturated heterocycles. The van der Waals surface area contributed by atoms with Crippen molar-refractivity contribution in [2.75, 3.05) is 0 Å². The van der Waals surface area contributed by atoms with Gasteiger partial charge in [-0.05, 0) is 65.2 Å². The highest BCUT2D eigenvalue weighted by Gasteiger charge is 2.52. The monoisotopic (exact) mass is 386 g/mol. The maximum absolute atomic E-state index is 13.2. The summed E-state index contributed by atoms with van der Waals surface area (Å²) in [5.74, 6) is -2.74. The highest BCUT2D eigenvalue weighted by Crippen LogP contribution is 2.45. The molecule has 0 aliphatic heterocycles. The predicted octanol–water partition coefficient (Wildman–Crippen LogP) is 3.78. The fraction of sp³-hybridized carbons (Fsp3) is 0.944. The van der Waals surface area contributed by atoms with Crippen molar-refractivity contribution in [1.82, 2.24) is 0 Å². The molecule has 1 aliphatic carbocycles. The van der Waals surface area contributed by atoms with Gasteiger partial charge in [0.1, 0.15) is 17.3 Å². The van der Waals surface area contributed by atoms with Crippen LogP contribution >= 0.6 is 0 Å². The first kappa shape index (κ1) is 23.1. The summed E-state index contributed by atoms with van der Waals surface area (Å²) in [5.41, 5.74) is -5.66. The molecule has 0 radical (unpaired) electrons. The maximum atomic E-state index is 13.2. The minimum atomic E-state index is -3.09. The Labute approximate surface area is 151 Å². The molecule has 1 fully saturated rings. The van der Waals surface area contributed by atoms with E-state index in [2.05, 4.69) is 0 Å². The van der Waals surface area contributed by atoms with Gasteiger partial charge in [0.15, 0.2) is 0 Å². The van der Waals surface area contributed by atoms with Crippen molar-refractivity contribution in [3.63, 3.8) is 0 Å². The standard InChI is InChI=1S/C18H30F4O4/c1-6-16(2,3)15(23)26-12-8-10(17(4,24)13(19)20)7-11(9-12)18(5,25)14(21)22/h10-14,24-25H,6-9H2,1-5H3. The zero-order chi connectivity index (χ0) is 20.5. The van der Waals surface area contributed by atoms with Crippen molar-refractivity contribution in [3.05, 3.63) is 0 Å². The summed E-state index contributed by atoms with van der Waals surface area (Å²) in [6.07, 6.45) is -6.98. The molecule has 0 heterocycles. The lowest BCUT2D eigenvalue weighted by Crippen LogP contribution is -2.53. The fourth-order valence-electron chi connectivity index (χ4n) is 3.13. The van der Waals surface area contributed by atoms with Crippen LogP contribution < -0.4 is 0 Å². The van der Waals surface area contributed by atoms with Crippen molar-refractivity contribution in [1.29, 1.82) is 0 Å². The fourth-order valence-corrected chi connectivity index (χ4v) is 3.13. The Hall–Kier alpha value is -0.890. The molecule has 2 N–H and O–H groups in total. The summed E-state index contributed by atoms with van der Waals surface area (Å²) < 4.78 is 58.4. The van der Waals surface area contributed by atoms with Crippen molar-refractivity contribution < 1.29 is 37.3 Å². The Morgan fingerprint density at radius 1 is 0.962 bits per heavy atom. The number of hydrogen-bond donors (Lipinski definition) is 2. The molecule has 154 valence electrons. The normalized spacial score (nSPS) is 29.3. The number of aliphatic hydroxyl groups is 2. The smallest absolute Gasteiger partial charge is 0.311 e. The van der Waals surface area contributed by atoms with E-state index >= 15 is 0 Å². The molecule has 1 rings (SSSR count). The lowest BCUT2D eigenvalue weighted by Gasteiger charge is -2.45. The number of carbonyl (C=O) groups is 1. The van der Waals surface area contributed by atoms with Gasteiger partial charge >= 0.3 is 5.97 Å². The third-order valence-corrected chi connectivity index (χ3v) is 5.91. The van der Waals surface area contributed by atoms with E-state index in [4.69, 9.17) is 4.74 Å². The molecule has 0 aromatic carbocycles. The number of hydrogen-bond acceptors (Lipinski definition) is 4. The molecule has 0 aromatic heterocycles. The van der Waals surface area contributed by atoms with Crippen molar-refractivity contribution >= 4 is 5.97 Å². The van der Waals surface area contributed by atoms with E-state index < -0.39 is 53.4 Å². The van der Waals surface area contributed by atoms with Gasteiger partial charge < -0.3 is 14.9 Å². The van der Waals surface area contributed by atoms with Crippen molar-refractivity contribution in [3.8, 4) is 0 Å². The van der Waals surface area contributed by atoms with E-state index in [1.165, 1.54) is 0 Å². The molecule has 0 aromatic rings. The minimum absolute atomic E-state index is 0.0707. The Bertz CT molecular complexity index is 464. The van der Waals surface area contributed by atoms with Gasteiger partial charge in [0.2, 0.25) is 0 Å². The number of carbonyl (C=O) groups excluding carboxylic acids is 1. The molecule has 1 aliphatic rings. The molecule has 1 saturated carbocycles. The Balaban J connectivity index is 3.09. The van der Waals surface area contributed by atoms with E-state index in [1.54, 1.807) is 20.8 Å². The van der Waals surface area contributed by atoms with Gasteiger partial charge in [0, 0.05) is 0 Å². The van der Waals surface area contributed by atoms with Gasteiger partial charge in [-0.15, -0.1) is 0 Å². The summed E-state index contributed by atoms with van der Waals surface area (Å²) >= 11 is 0. The van der Waals surface area contributed by atoms with Crippen LogP contribution in [0.2, 0.25) is 0 Å². The minimum Gasteiger partial charge on any atom is -0.462 e. The lowest BCUT2D eigenvalue weighted by atomic mass is 9.67. The van der Waals surface area contributed by atoms with Crippen LogP contribution in [0.4, 0.5) is 17.6 Å². The largest absolute Gasteiger partial charge is 0.462 e. The van der Waals surface area contributed by atoms with Crippen molar-refractivity contribution in [2.24, 2.45) is 17.3 Å². The summed E-state index contributed by atoms with van der Waals surface area (Å²) in [6, 6.07) is 0. The van der Waals surface area contributed by atoms with Gasteiger partial charge in [0.05, 0.1) is 5.41 Å². The van der Waals surface area contributed by atoms with Crippen LogP contribution in [0.15, 0.2) is 0 Å². The van der Waals surface area contributed by atoms with Gasteiger partial charge in [-0.2, -0.15) is 0 Å². The Kier molecular flexibility index (Phi) is 7.13. The molecule has 0 bridgehead atoms. The lowest BCUT2D eigenvalue weighted by molar-refractivity contribution is -0.190. The number of halogens is 4. The molecular weight excluding hydrogens is 356 g/mol. The number of rotatable bonds is 7. The van der Waals surface area contributed by atoms with Crippen LogP contribution in [0, 0.1) is 17.3 Å². The van der Waals surface area contributed by atoms with E-state index in [0.29, 0.717) is 6.42 Å². The first-order chi connectivity index (χ1) is 11.7. The number of ether oxygens (including phenoxy) is 1. The quantitative estimate of drug-likeness (QED) is 0.516. The number of alkyl halides is 4. The van der Waals surface area contributed by atoms with Crippen LogP contribution in [-0.4, -0.2) is 46.3 Å². The molecule has 26 heavy (non-hydrogen) atoms. The Morgan fingerprint density at radius 2 is 1.35 bits per heavy atom. The zero-order valence-electron chi connectivity index (χ0n) is 15.9. The predicted molar refractivity (Wildman–Crippen MR) is 88.0 cm³/mol. The van der Waals surface area contributed by atoms with Crippen LogP contribution in [0.3, 0.4) is 0 Å². The molecular formula is C18H30F4O4. The van der Waals surface area contributed by atoms with Crippen molar-refractivity contribution in [2.45, 2.75) is 90.5 Å². The molecule has 4 unspecified atom stereocenters. The van der Waals surface area contributed by atoms with E-state index in [-0.39, 0.29) is 19.3 Å². The zero-order valence-corrected chi connectivity index (χ0v) is 15.9. The third kappa shape index (κ3) is 4.88. The van der Waals surface area contributed by atoms with Crippen LogP contribution in [0.5, 0.6) is 0 Å².